The van der Waals surface area contributed by atoms with Crippen molar-refractivity contribution in [3.63, 3.8) is 0 Å². The van der Waals surface area contributed by atoms with Gasteiger partial charge in [0.2, 0.25) is 0 Å². The number of hydrogen-bond acceptors (Lipinski definition) is 3. The normalized spacial score (nSPS) is 10.9. The highest BCUT2D eigenvalue weighted by Gasteiger charge is 2.14. The molecule has 0 saturated carbocycles. The molecule has 5 heteroatoms. The van der Waals surface area contributed by atoms with Crippen molar-refractivity contribution >= 4 is 29.9 Å². The van der Waals surface area contributed by atoms with E-state index in [0.717, 1.165) is 30.9 Å². The van der Waals surface area contributed by atoms with Gasteiger partial charge in [-0.2, -0.15) is 0 Å². The molecule has 0 heterocycles. The molecule has 0 aromatic heterocycles. The first-order valence-corrected chi connectivity index (χ1v) is 13.0. The lowest BCUT2D eigenvalue weighted by molar-refractivity contribution is 0.238. The van der Waals surface area contributed by atoms with Crippen LogP contribution in [0.2, 0.25) is 0 Å². The van der Waals surface area contributed by atoms with Crippen LogP contribution in [-0.4, -0.2) is 27.8 Å². The minimum absolute atomic E-state index is 0.0883. The Hall–Kier alpha value is -0.0300. The van der Waals surface area contributed by atoms with Crippen molar-refractivity contribution in [2.24, 2.45) is 0 Å². The summed E-state index contributed by atoms with van der Waals surface area (Å²) in [6, 6.07) is 0.0883. The molecule has 1 N–H and O–H groups in total. The van der Waals surface area contributed by atoms with Crippen molar-refractivity contribution in [2.45, 2.75) is 111 Å². The zero-order valence-corrected chi connectivity index (χ0v) is 19.3. The topological polar surface area (TPSA) is 32.3 Å². The molecule has 0 aliphatic carbocycles. The predicted octanol–water partition coefficient (Wildman–Crippen LogP) is 7.82. The number of nitrogens with zero attached hydrogens (tertiary/aromatic N) is 1. The van der Waals surface area contributed by atoms with Crippen molar-refractivity contribution in [3.8, 4) is 0 Å². The summed E-state index contributed by atoms with van der Waals surface area (Å²) in [6.07, 6.45) is 17.9. The molecule has 0 aromatic carbocycles. The Kier molecular flexibility index (Phi) is 21.2. The number of rotatable bonds is 19. The average molecular weight is 405 g/mol. The molecule has 2 amide bonds. The van der Waals surface area contributed by atoms with Crippen molar-refractivity contribution < 1.29 is 4.79 Å². The maximum absolute atomic E-state index is 12.4. The summed E-state index contributed by atoms with van der Waals surface area (Å²) in [5.41, 5.74) is 0. The summed E-state index contributed by atoms with van der Waals surface area (Å²) >= 11 is 3.42. The van der Waals surface area contributed by atoms with Crippen LogP contribution < -0.4 is 5.32 Å². The Labute approximate surface area is 172 Å². The van der Waals surface area contributed by atoms with Gasteiger partial charge in [-0.25, -0.2) is 8.51 Å². The van der Waals surface area contributed by atoms with E-state index in [0.29, 0.717) is 0 Å². The third kappa shape index (κ3) is 17.4. The van der Waals surface area contributed by atoms with Gasteiger partial charge in [-0.3, -0.25) is 0 Å². The molecule has 26 heavy (non-hydrogen) atoms. The quantitative estimate of drug-likeness (QED) is 0.176. The van der Waals surface area contributed by atoms with E-state index in [-0.39, 0.29) is 6.03 Å². The molecule has 0 rings (SSSR count). The van der Waals surface area contributed by atoms with Gasteiger partial charge in [-0.15, -0.1) is 0 Å². The van der Waals surface area contributed by atoms with Crippen LogP contribution in [0.25, 0.3) is 0 Å². The molecule has 0 fully saturated rings. The molecule has 0 atom stereocenters. The van der Waals surface area contributed by atoms with E-state index in [4.69, 9.17) is 0 Å². The average Bonchev–Trinajstić information content (AvgIpc) is 2.65. The monoisotopic (exact) mass is 404 g/mol. The summed E-state index contributed by atoms with van der Waals surface area (Å²) in [6.45, 7) is 7.46. The Bertz CT molecular complexity index is 286. The molecule has 0 aromatic rings. The first kappa shape index (κ1) is 26.0. The minimum Gasteiger partial charge on any atom is -0.337 e. The highest BCUT2D eigenvalue weighted by molar-refractivity contribution is 8.12. The molecular formula is C21H44N2OS2. The molecule has 0 spiro atoms. The van der Waals surface area contributed by atoms with Gasteiger partial charge < -0.3 is 5.32 Å². The summed E-state index contributed by atoms with van der Waals surface area (Å²) in [5, 5.41) is 3.07. The molecule has 0 saturated heterocycles. The molecule has 3 nitrogen and oxygen atoms in total. The van der Waals surface area contributed by atoms with E-state index in [1.165, 1.54) is 77.0 Å². The minimum atomic E-state index is 0.0883. The molecular weight excluding hydrogens is 360 g/mol. The summed E-state index contributed by atoms with van der Waals surface area (Å²) in [5.74, 6) is 2.10. The summed E-state index contributed by atoms with van der Waals surface area (Å²) < 4.78 is 1.91. The van der Waals surface area contributed by atoms with Crippen molar-refractivity contribution in [1.82, 2.24) is 9.03 Å². The van der Waals surface area contributed by atoms with E-state index in [1.54, 1.807) is 23.9 Å². The van der Waals surface area contributed by atoms with Gasteiger partial charge >= 0.3 is 6.03 Å². The van der Waals surface area contributed by atoms with E-state index < -0.39 is 0 Å². The molecule has 0 unspecified atom stereocenters. The summed E-state index contributed by atoms with van der Waals surface area (Å²) in [4.78, 5) is 12.4. The van der Waals surface area contributed by atoms with Gasteiger partial charge in [0.05, 0.1) is 0 Å². The highest BCUT2D eigenvalue weighted by Crippen LogP contribution is 2.25. The van der Waals surface area contributed by atoms with Crippen LogP contribution in [0, 0.1) is 0 Å². The van der Waals surface area contributed by atoms with Crippen LogP contribution in [0.3, 0.4) is 0 Å². The fraction of sp³-hybridized carbons (Fsp3) is 0.952. The van der Waals surface area contributed by atoms with Crippen molar-refractivity contribution in [1.29, 1.82) is 0 Å². The number of nitrogens with one attached hydrogen (secondary N) is 1. The third-order valence-electron chi connectivity index (χ3n) is 4.39. The van der Waals surface area contributed by atoms with Crippen LogP contribution >= 0.6 is 23.9 Å². The lowest BCUT2D eigenvalue weighted by Crippen LogP contribution is -2.32. The standard InChI is InChI=1S/C21H44N2OS2/c1-4-7-10-12-14-16-19-25-23(21(24)22-18-9-6-3)26-20-17-15-13-11-8-5-2/h4-20H2,1-3H3,(H,22,24). The second kappa shape index (κ2) is 21.3. The number of hydrogen-bond donors (Lipinski definition) is 1. The number of carbonyl (C=O) groups excluding carboxylic acids is 1. The number of amides is 2. The summed E-state index contributed by atoms with van der Waals surface area (Å²) in [7, 11) is 0. The SMILES string of the molecule is CCCCCCCCSN(SCCCCCCCC)C(=O)NCCCC. The van der Waals surface area contributed by atoms with Crippen LogP contribution in [0.4, 0.5) is 4.79 Å². The van der Waals surface area contributed by atoms with E-state index in [1.807, 2.05) is 3.71 Å². The first-order valence-electron chi connectivity index (χ1n) is 11.1. The van der Waals surface area contributed by atoms with Gasteiger partial charge in [0.25, 0.3) is 0 Å². The maximum Gasteiger partial charge on any atom is 0.337 e. The number of urea groups is 1. The molecule has 0 bridgehead atoms. The van der Waals surface area contributed by atoms with E-state index in [9.17, 15) is 4.79 Å². The molecule has 0 aliphatic heterocycles. The first-order chi connectivity index (χ1) is 12.8. The second-order valence-electron chi connectivity index (χ2n) is 7.04. The maximum atomic E-state index is 12.4. The lowest BCUT2D eigenvalue weighted by atomic mass is 10.1. The van der Waals surface area contributed by atoms with Gasteiger partial charge in [0.1, 0.15) is 0 Å². The van der Waals surface area contributed by atoms with Gasteiger partial charge in [-0.05, 0) is 43.2 Å². The largest absolute Gasteiger partial charge is 0.337 e. The number of unbranched alkanes of at least 4 members (excludes halogenated alkanes) is 11. The fourth-order valence-corrected chi connectivity index (χ4v) is 4.76. The van der Waals surface area contributed by atoms with Crippen molar-refractivity contribution in [3.05, 3.63) is 0 Å². The second-order valence-corrected chi connectivity index (χ2v) is 9.34. The van der Waals surface area contributed by atoms with Gasteiger partial charge in [-0.1, -0.05) is 91.4 Å². The molecule has 156 valence electrons. The van der Waals surface area contributed by atoms with Crippen LogP contribution in [0.15, 0.2) is 0 Å². The molecule has 0 aliphatic rings. The van der Waals surface area contributed by atoms with E-state index >= 15 is 0 Å². The van der Waals surface area contributed by atoms with Crippen molar-refractivity contribution in [2.75, 3.05) is 18.1 Å². The molecule has 0 radical (unpaired) electrons. The Morgan fingerprint density at radius 2 is 1.08 bits per heavy atom. The lowest BCUT2D eigenvalue weighted by Gasteiger charge is -2.20. The smallest absolute Gasteiger partial charge is 0.337 e. The zero-order chi connectivity index (χ0) is 19.3. The fourth-order valence-electron chi connectivity index (χ4n) is 2.65. The Morgan fingerprint density at radius 3 is 1.54 bits per heavy atom. The zero-order valence-electron chi connectivity index (χ0n) is 17.7. The third-order valence-corrected chi connectivity index (χ3v) is 6.76. The van der Waals surface area contributed by atoms with Gasteiger partial charge in [0.15, 0.2) is 0 Å². The Morgan fingerprint density at radius 1 is 0.654 bits per heavy atom. The van der Waals surface area contributed by atoms with Gasteiger partial charge in [0, 0.05) is 18.1 Å². The highest BCUT2D eigenvalue weighted by atomic mass is 32.2. The van der Waals surface area contributed by atoms with Crippen LogP contribution in [-0.2, 0) is 0 Å². The van der Waals surface area contributed by atoms with Crippen LogP contribution in [0.1, 0.15) is 111 Å². The predicted molar refractivity (Wildman–Crippen MR) is 122 cm³/mol. The van der Waals surface area contributed by atoms with E-state index in [2.05, 4.69) is 26.1 Å². The Balaban J connectivity index is 3.95. The van der Waals surface area contributed by atoms with Crippen LogP contribution in [0.5, 0.6) is 0 Å². The number of carbonyl (C=O) groups is 1.